The topological polar surface area (TPSA) is 22.1 Å². The zero-order chi connectivity index (χ0) is 7.56. The predicted molar refractivity (Wildman–Crippen MR) is 42.3 cm³/mol. The van der Waals surface area contributed by atoms with Crippen LogP contribution in [0.5, 0.6) is 0 Å². The van der Waals surface area contributed by atoms with Crippen LogP contribution in [-0.4, -0.2) is 12.1 Å². The molecule has 0 unspecified atom stereocenters. The average Bonchev–Trinajstić information content (AvgIpc) is 2.34. The lowest BCUT2D eigenvalue weighted by Gasteiger charge is -2.02. The van der Waals surface area contributed by atoms with Crippen molar-refractivity contribution < 1.29 is 4.74 Å². The molecule has 0 saturated carbocycles. The molecule has 10 heavy (non-hydrogen) atoms. The van der Waals surface area contributed by atoms with E-state index in [1.807, 2.05) is 19.2 Å². The van der Waals surface area contributed by atoms with Crippen LogP contribution in [0.2, 0.25) is 0 Å². The zero-order valence-corrected chi connectivity index (χ0v) is 7.23. The van der Waals surface area contributed by atoms with E-state index in [0.29, 0.717) is 0 Å². The van der Waals surface area contributed by atoms with E-state index >= 15 is 0 Å². The molecule has 0 bridgehead atoms. The van der Waals surface area contributed by atoms with E-state index in [2.05, 4.69) is 4.98 Å². The number of hydrogen-bond donors (Lipinski definition) is 0. The number of methoxy groups -OCH3 is 1. The summed E-state index contributed by atoms with van der Waals surface area (Å²) in [6.45, 7) is 3.99. The normalized spacial score (nSPS) is 13.5. The van der Waals surface area contributed by atoms with Gasteiger partial charge in [-0.3, -0.25) is 0 Å². The standard InChI is InChI=1S/C7H11NOS/c1-5-4-10-7(8-5)6(2)9-3/h4,6H,1-3H3/t6-/m0/s1. The third-order valence-corrected chi connectivity index (χ3v) is 2.46. The molecule has 1 aromatic rings. The maximum atomic E-state index is 5.10. The first-order chi connectivity index (χ1) is 4.74. The lowest BCUT2D eigenvalue weighted by Crippen LogP contribution is -1.93. The molecule has 0 radical (unpaired) electrons. The third kappa shape index (κ3) is 1.55. The first kappa shape index (κ1) is 7.69. The SMILES string of the molecule is CO[C@@H](C)c1nc(C)cs1. The number of nitrogens with zero attached hydrogens (tertiary/aromatic N) is 1. The van der Waals surface area contributed by atoms with Gasteiger partial charge in [-0.1, -0.05) is 0 Å². The lowest BCUT2D eigenvalue weighted by atomic mass is 10.4. The monoisotopic (exact) mass is 157 g/mol. The highest BCUT2D eigenvalue weighted by Gasteiger charge is 2.06. The molecule has 1 aromatic heterocycles. The maximum absolute atomic E-state index is 5.10. The van der Waals surface area contributed by atoms with Gasteiger partial charge >= 0.3 is 0 Å². The molecule has 0 aliphatic heterocycles. The molecule has 0 aromatic carbocycles. The first-order valence-corrected chi connectivity index (χ1v) is 4.07. The number of hydrogen-bond acceptors (Lipinski definition) is 3. The fourth-order valence-electron chi connectivity index (χ4n) is 0.660. The van der Waals surface area contributed by atoms with Crippen molar-refractivity contribution in [2.45, 2.75) is 20.0 Å². The van der Waals surface area contributed by atoms with Gasteiger partial charge in [-0.15, -0.1) is 11.3 Å². The van der Waals surface area contributed by atoms with Gasteiger partial charge < -0.3 is 4.74 Å². The summed E-state index contributed by atoms with van der Waals surface area (Å²) in [6, 6.07) is 0. The summed E-state index contributed by atoms with van der Waals surface area (Å²) in [7, 11) is 1.70. The number of aryl methyl sites for hydroxylation is 1. The van der Waals surface area contributed by atoms with Crippen molar-refractivity contribution in [3.63, 3.8) is 0 Å². The minimum Gasteiger partial charge on any atom is -0.375 e. The molecule has 1 atom stereocenters. The second-order valence-corrected chi connectivity index (χ2v) is 3.09. The first-order valence-electron chi connectivity index (χ1n) is 3.19. The van der Waals surface area contributed by atoms with Gasteiger partial charge in [0.05, 0.1) is 0 Å². The van der Waals surface area contributed by atoms with E-state index in [1.54, 1.807) is 18.4 Å². The largest absolute Gasteiger partial charge is 0.375 e. The Bertz CT molecular complexity index is 209. The molecule has 56 valence electrons. The van der Waals surface area contributed by atoms with Crippen molar-refractivity contribution in [3.8, 4) is 0 Å². The lowest BCUT2D eigenvalue weighted by molar-refractivity contribution is 0.119. The molecule has 1 heterocycles. The summed E-state index contributed by atoms with van der Waals surface area (Å²) >= 11 is 1.65. The molecule has 1 rings (SSSR count). The van der Waals surface area contributed by atoms with Crippen LogP contribution in [0.15, 0.2) is 5.38 Å². The number of ether oxygens (including phenoxy) is 1. The third-order valence-electron chi connectivity index (χ3n) is 1.34. The second kappa shape index (κ2) is 3.12. The summed E-state index contributed by atoms with van der Waals surface area (Å²) in [5.41, 5.74) is 1.07. The van der Waals surface area contributed by atoms with Gasteiger partial charge in [0.1, 0.15) is 11.1 Å². The van der Waals surface area contributed by atoms with Crippen LogP contribution in [0.3, 0.4) is 0 Å². The Morgan fingerprint density at radius 1 is 1.70 bits per heavy atom. The minimum absolute atomic E-state index is 0.138. The molecule has 0 amide bonds. The van der Waals surface area contributed by atoms with Gasteiger partial charge in [-0.05, 0) is 13.8 Å². The second-order valence-electron chi connectivity index (χ2n) is 2.21. The highest BCUT2D eigenvalue weighted by molar-refractivity contribution is 7.09. The minimum atomic E-state index is 0.138. The molecule has 0 aliphatic rings. The highest BCUT2D eigenvalue weighted by Crippen LogP contribution is 2.19. The number of thiazole rings is 1. The quantitative estimate of drug-likeness (QED) is 0.656. The molecular weight excluding hydrogens is 146 g/mol. The van der Waals surface area contributed by atoms with Crippen molar-refractivity contribution >= 4 is 11.3 Å². The molecule has 0 saturated heterocycles. The maximum Gasteiger partial charge on any atom is 0.121 e. The summed E-state index contributed by atoms with van der Waals surface area (Å²) in [5.74, 6) is 0. The predicted octanol–water partition coefficient (Wildman–Crippen LogP) is 2.16. The Kier molecular flexibility index (Phi) is 2.40. The van der Waals surface area contributed by atoms with Gasteiger partial charge in [-0.2, -0.15) is 0 Å². The Morgan fingerprint density at radius 2 is 2.40 bits per heavy atom. The van der Waals surface area contributed by atoms with Crippen molar-refractivity contribution in [2.24, 2.45) is 0 Å². The van der Waals surface area contributed by atoms with Crippen molar-refractivity contribution in [1.29, 1.82) is 0 Å². The van der Waals surface area contributed by atoms with E-state index in [4.69, 9.17) is 4.74 Å². The Balaban J connectivity index is 2.74. The van der Waals surface area contributed by atoms with E-state index in [1.165, 1.54) is 0 Å². The molecule has 0 aliphatic carbocycles. The van der Waals surface area contributed by atoms with E-state index in [0.717, 1.165) is 10.7 Å². The molecule has 3 heteroatoms. The number of aromatic nitrogens is 1. The molecule has 0 fully saturated rings. The van der Waals surface area contributed by atoms with Crippen LogP contribution < -0.4 is 0 Å². The Labute approximate surface area is 64.9 Å². The fourth-order valence-corrected chi connectivity index (χ4v) is 1.49. The van der Waals surface area contributed by atoms with E-state index in [-0.39, 0.29) is 6.10 Å². The van der Waals surface area contributed by atoms with Crippen LogP contribution >= 0.6 is 11.3 Å². The van der Waals surface area contributed by atoms with Crippen molar-refractivity contribution in [3.05, 3.63) is 16.1 Å². The van der Waals surface area contributed by atoms with Gasteiger partial charge in [0.2, 0.25) is 0 Å². The highest BCUT2D eigenvalue weighted by atomic mass is 32.1. The van der Waals surface area contributed by atoms with Gasteiger partial charge in [-0.25, -0.2) is 4.98 Å². The van der Waals surface area contributed by atoms with E-state index in [9.17, 15) is 0 Å². The number of rotatable bonds is 2. The zero-order valence-electron chi connectivity index (χ0n) is 6.42. The van der Waals surface area contributed by atoms with Gasteiger partial charge in [0, 0.05) is 18.2 Å². The van der Waals surface area contributed by atoms with Gasteiger partial charge in [0.15, 0.2) is 0 Å². The van der Waals surface area contributed by atoms with E-state index < -0.39 is 0 Å². The van der Waals surface area contributed by atoms with Crippen molar-refractivity contribution in [1.82, 2.24) is 4.98 Å². The average molecular weight is 157 g/mol. The van der Waals surface area contributed by atoms with Crippen LogP contribution in [0, 0.1) is 6.92 Å². The molecule has 2 nitrogen and oxygen atoms in total. The van der Waals surface area contributed by atoms with Crippen LogP contribution in [-0.2, 0) is 4.74 Å². The molecular formula is C7H11NOS. The fraction of sp³-hybridized carbons (Fsp3) is 0.571. The summed E-state index contributed by atoms with van der Waals surface area (Å²) < 4.78 is 5.10. The van der Waals surface area contributed by atoms with Crippen LogP contribution in [0.4, 0.5) is 0 Å². The van der Waals surface area contributed by atoms with Crippen LogP contribution in [0.25, 0.3) is 0 Å². The smallest absolute Gasteiger partial charge is 0.121 e. The van der Waals surface area contributed by atoms with Crippen molar-refractivity contribution in [2.75, 3.05) is 7.11 Å². The summed E-state index contributed by atoms with van der Waals surface area (Å²) in [4.78, 5) is 4.27. The van der Waals surface area contributed by atoms with Gasteiger partial charge in [0.25, 0.3) is 0 Å². The molecule has 0 N–H and O–H groups in total. The molecule has 0 spiro atoms. The Hall–Kier alpha value is -0.410. The summed E-state index contributed by atoms with van der Waals surface area (Å²) in [5, 5.41) is 3.09. The Morgan fingerprint density at radius 3 is 2.80 bits per heavy atom. The van der Waals surface area contributed by atoms with Crippen LogP contribution in [0.1, 0.15) is 23.7 Å². The summed E-state index contributed by atoms with van der Waals surface area (Å²) in [6.07, 6.45) is 0.138.